The molecule has 9 heavy (non-hydrogen) atoms. The largest absolute Gasteiger partial charge is 0.308 e. The van der Waals surface area contributed by atoms with Crippen molar-refractivity contribution in [3.8, 4) is 0 Å². The summed E-state index contributed by atoms with van der Waals surface area (Å²) in [6.45, 7) is 12.9. The fraction of sp³-hybridized carbons (Fsp3) is 0.875. The van der Waals surface area contributed by atoms with E-state index in [0.29, 0.717) is 5.92 Å². The molecule has 0 aliphatic heterocycles. The molecule has 0 aromatic carbocycles. The Balaban J connectivity index is 3.70. The van der Waals surface area contributed by atoms with Crippen LogP contribution in [0.5, 0.6) is 0 Å². The van der Waals surface area contributed by atoms with Crippen LogP contribution in [0.4, 0.5) is 0 Å². The van der Waals surface area contributed by atoms with Gasteiger partial charge in [-0.2, -0.15) is 0 Å². The van der Waals surface area contributed by atoms with Crippen LogP contribution >= 0.6 is 0 Å². The summed E-state index contributed by atoms with van der Waals surface area (Å²) < 4.78 is 0. The second kappa shape index (κ2) is 3.21. The molecule has 0 rings (SSSR count). The Labute approximate surface area is 58.8 Å². The molecular formula is C8H18N. The van der Waals surface area contributed by atoms with E-state index in [9.17, 15) is 0 Å². The van der Waals surface area contributed by atoms with Crippen molar-refractivity contribution in [1.82, 2.24) is 5.32 Å². The average molecular weight is 128 g/mol. The smallest absolute Gasteiger partial charge is 0.0195 e. The minimum absolute atomic E-state index is 0.245. The lowest BCUT2D eigenvalue weighted by Crippen LogP contribution is -2.41. The molecule has 0 saturated carbocycles. The lowest BCUT2D eigenvalue weighted by molar-refractivity contribution is 0.311. The SMILES string of the molecule is C[CH]NC(C)(C)C(C)C. The molecule has 0 fully saturated rings. The van der Waals surface area contributed by atoms with Crippen molar-refractivity contribution in [2.24, 2.45) is 5.92 Å². The highest BCUT2D eigenvalue weighted by Crippen LogP contribution is 2.14. The zero-order valence-electron chi connectivity index (χ0n) is 7.15. The number of rotatable bonds is 3. The summed E-state index contributed by atoms with van der Waals surface area (Å²) >= 11 is 0. The van der Waals surface area contributed by atoms with E-state index in [1.54, 1.807) is 0 Å². The van der Waals surface area contributed by atoms with E-state index in [2.05, 4.69) is 33.0 Å². The molecule has 0 heterocycles. The molecule has 0 aromatic heterocycles. The van der Waals surface area contributed by atoms with E-state index in [1.807, 2.05) is 13.5 Å². The Hall–Kier alpha value is -0.0400. The van der Waals surface area contributed by atoms with Crippen LogP contribution in [0.15, 0.2) is 0 Å². The summed E-state index contributed by atoms with van der Waals surface area (Å²) in [6, 6.07) is 0. The van der Waals surface area contributed by atoms with Gasteiger partial charge in [-0.3, -0.25) is 0 Å². The van der Waals surface area contributed by atoms with Crippen molar-refractivity contribution in [3.63, 3.8) is 0 Å². The Morgan fingerprint density at radius 2 is 1.78 bits per heavy atom. The maximum Gasteiger partial charge on any atom is 0.0195 e. The van der Waals surface area contributed by atoms with E-state index >= 15 is 0 Å². The van der Waals surface area contributed by atoms with Crippen molar-refractivity contribution in [3.05, 3.63) is 6.54 Å². The van der Waals surface area contributed by atoms with Crippen molar-refractivity contribution in [2.75, 3.05) is 0 Å². The van der Waals surface area contributed by atoms with E-state index in [0.717, 1.165) is 0 Å². The summed E-state index contributed by atoms with van der Waals surface area (Å²) in [5.74, 6) is 0.675. The van der Waals surface area contributed by atoms with Gasteiger partial charge in [-0.05, 0) is 26.7 Å². The maximum absolute atomic E-state index is 3.30. The van der Waals surface area contributed by atoms with Gasteiger partial charge in [0.05, 0.1) is 0 Å². The monoisotopic (exact) mass is 128 g/mol. The Morgan fingerprint density at radius 3 is 1.89 bits per heavy atom. The summed E-state index contributed by atoms with van der Waals surface area (Å²) in [7, 11) is 0. The average Bonchev–Trinajstić information content (AvgIpc) is 1.65. The summed E-state index contributed by atoms with van der Waals surface area (Å²) in [5, 5.41) is 3.30. The van der Waals surface area contributed by atoms with E-state index < -0.39 is 0 Å². The highest BCUT2D eigenvalue weighted by atomic mass is 14.9. The third kappa shape index (κ3) is 2.85. The molecular weight excluding hydrogens is 110 g/mol. The van der Waals surface area contributed by atoms with Crippen LogP contribution in [-0.4, -0.2) is 5.54 Å². The Kier molecular flexibility index (Phi) is 3.20. The standard InChI is InChI=1S/C8H18N/c1-6-9-8(4,5)7(2)3/h6-7,9H,1-5H3. The molecule has 1 N–H and O–H groups in total. The predicted molar refractivity (Wildman–Crippen MR) is 42.0 cm³/mol. The molecule has 1 heteroatoms. The van der Waals surface area contributed by atoms with E-state index in [4.69, 9.17) is 0 Å². The van der Waals surface area contributed by atoms with E-state index in [1.165, 1.54) is 0 Å². The first-order chi connectivity index (χ1) is 4.00. The molecule has 0 aliphatic carbocycles. The summed E-state index contributed by atoms with van der Waals surface area (Å²) in [4.78, 5) is 0. The van der Waals surface area contributed by atoms with Crippen molar-refractivity contribution in [2.45, 2.75) is 40.2 Å². The van der Waals surface area contributed by atoms with Crippen LogP contribution in [0.25, 0.3) is 0 Å². The Bertz CT molecular complexity index is 74.6. The highest BCUT2D eigenvalue weighted by molar-refractivity contribution is 4.82. The van der Waals surface area contributed by atoms with Gasteiger partial charge in [0.1, 0.15) is 0 Å². The van der Waals surface area contributed by atoms with Gasteiger partial charge in [0.25, 0.3) is 0 Å². The van der Waals surface area contributed by atoms with Crippen LogP contribution in [0.3, 0.4) is 0 Å². The lowest BCUT2D eigenvalue weighted by atomic mass is 9.91. The van der Waals surface area contributed by atoms with Crippen LogP contribution in [0.2, 0.25) is 0 Å². The molecule has 55 valence electrons. The van der Waals surface area contributed by atoms with Gasteiger partial charge in [0.2, 0.25) is 0 Å². The molecule has 0 amide bonds. The molecule has 0 spiro atoms. The maximum atomic E-state index is 3.30. The molecule has 1 nitrogen and oxygen atoms in total. The second-order valence-electron chi connectivity index (χ2n) is 3.31. The van der Waals surface area contributed by atoms with Gasteiger partial charge in [0.15, 0.2) is 0 Å². The first-order valence-corrected chi connectivity index (χ1v) is 3.56. The molecule has 0 unspecified atom stereocenters. The number of hydrogen-bond acceptors (Lipinski definition) is 1. The summed E-state index contributed by atoms with van der Waals surface area (Å²) in [6.07, 6.45) is 0. The van der Waals surface area contributed by atoms with Gasteiger partial charge in [-0.15, -0.1) is 0 Å². The highest BCUT2D eigenvalue weighted by Gasteiger charge is 2.19. The zero-order chi connectivity index (χ0) is 7.49. The Morgan fingerprint density at radius 1 is 1.33 bits per heavy atom. The van der Waals surface area contributed by atoms with Gasteiger partial charge >= 0.3 is 0 Å². The predicted octanol–water partition coefficient (Wildman–Crippen LogP) is 2.19. The van der Waals surface area contributed by atoms with Gasteiger partial charge in [0, 0.05) is 12.1 Å². The third-order valence-corrected chi connectivity index (χ3v) is 1.96. The zero-order valence-corrected chi connectivity index (χ0v) is 7.15. The van der Waals surface area contributed by atoms with Gasteiger partial charge in [-0.25, -0.2) is 0 Å². The first kappa shape index (κ1) is 8.96. The van der Waals surface area contributed by atoms with Crippen molar-refractivity contribution >= 4 is 0 Å². The lowest BCUT2D eigenvalue weighted by Gasteiger charge is -2.29. The second-order valence-corrected chi connectivity index (χ2v) is 3.31. The first-order valence-electron chi connectivity index (χ1n) is 3.56. The fourth-order valence-corrected chi connectivity index (χ4v) is 0.539. The molecule has 0 bridgehead atoms. The van der Waals surface area contributed by atoms with Crippen molar-refractivity contribution in [1.29, 1.82) is 0 Å². The van der Waals surface area contributed by atoms with Gasteiger partial charge in [-0.1, -0.05) is 13.8 Å². The minimum atomic E-state index is 0.245. The summed E-state index contributed by atoms with van der Waals surface area (Å²) in [5.41, 5.74) is 0.245. The van der Waals surface area contributed by atoms with Crippen LogP contribution in [0.1, 0.15) is 34.6 Å². The molecule has 0 aliphatic rings. The molecule has 0 atom stereocenters. The van der Waals surface area contributed by atoms with Crippen LogP contribution in [-0.2, 0) is 0 Å². The van der Waals surface area contributed by atoms with Crippen LogP contribution in [0, 0.1) is 12.5 Å². The fourth-order valence-electron chi connectivity index (χ4n) is 0.539. The quantitative estimate of drug-likeness (QED) is 0.614. The number of nitrogens with one attached hydrogen (secondary N) is 1. The minimum Gasteiger partial charge on any atom is -0.308 e. The van der Waals surface area contributed by atoms with Crippen molar-refractivity contribution < 1.29 is 0 Å². The third-order valence-electron chi connectivity index (χ3n) is 1.96. The number of hydrogen-bond donors (Lipinski definition) is 1. The van der Waals surface area contributed by atoms with E-state index in [-0.39, 0.29) is 5.54 Å². The molecule has 0 aromatic rings. The molecule has 1 radical (unpaired) electrons. The molecule has 0 saturated heterocycles. The normalized spacial score (nSPS) is 12.7. The topological polar surface area (TPSA) is 12.0 Å². The van der Waals surface area contributed by atoms with Gasteiger partial charge < -0.3 is 5.32 Å². The van der Waals surface area contributed by atoms with Crippen LogP contribution < -0.4 is 5.32 Å².